The molecular formula is C23H21ClN2O3. The summed E-state index contributed by atoms with van der Waals surface area (Å²) in [6, 6.07) is 22.6. The second kappa shape index (κ2) is 10.4. The SMILES string of the molecule is O=C(OCC(=O)N(CCc1ccccc1)Cc1ccccc1)c1ccnc(Cl)c1. The molecule has 0 fully saturated rings. The molecule has 29 heavy (non-hydrogen) atoms. The zero-order valence-corrected chi connectivity index (χ0v) is 16.6. The Kier molecular flexibility index (Phi) is 7.36. The number of hydrogen-bond donors (Lipinski definition) is 0. The minimum absolute atomic E-state index is 0.194. The van der Waals surface area contributed by atoms with Crippen molar-refractivity contribution in [1.82, 2.24) is 9.88 Å². The molecule has 0 atom stereocenters. The third-order valence-corrected chi connectivity index (χ3v) is 4.58. The molecule has 148 valence electrons. The monoisotopic (exact) mass is 408 g/mol. The number of nitrogens with zero attached hydrogens (tertiary/aromatic N) is 2. The summed E-state index contributed by atoms with van der Waals surface area (Å²) in [5, 5.41) is 0.194. The summed E-state index contributed by atoms with van der Waals surface area (Å²) in [7, 11) is 0. The molecular weight excluding hydrogens is 388 g/mol. The first-order chi connectivity index (χ1) is 14.1. The standard InChI is InChI=1S/C23H21ClN2O3/c24-21-15-20(11-13-25-21)23(28)29-17-22(27)26(16-19-9-5-2-6-10-19)14-12-18-7-3-1-4-8-18/h1-11,13,15H,12,14,16-17H2. The highest BCUT2D eigenvalue weighted by Gasteiger charge is 2.17. The molecule has 3 aromatic rings. The lowest BCUT2D eigenvalue weighted by Crippen LogP contribution is -2.35. The van der Waals surface area contributed by atoms with Crippen molar-refractivity contribution in [3.63, 3.8) is 0 Å². The summed E-state index contributed by atoms with van der Waals surface area (Å²) < 4.78 is 5.20. The van der Waals surface area contributed by atoms with E-state index in [-0.39, 0.29) is 23.2 Å². The number of carbonyl (C=O) groups excluding carboxylic acids is 2. The molecule has 5 nitrogen and oxygen atoms in total. The first-order valence-electron chi connectivity index (χ1n) is 9.26. The number of amides is 1. The number of aromatic nitrogens is 1. The smallest absolute Gasteiger partial charge is 0.338 e. The van der Waals surface area contributed by atoms with E-state index in [1.54, 1.807) is 4.90 Å². The van der Waals surface area contributed by atoms with Gasteiger partial charge in [-0.2, -0.15) is 0 Å². The van der Waals surface area contributed by atoms with E-state index in [1.165, 1.54) is 18.3 Å². The second-order valence-electron chi connectivity index (χ2n) is 6.48. The van der Waals surface area contributed by atoms with Gasteiger partial charge in [0.25, 0.3) is 5.91 Å². The van der Waals surface area contributed by atoms with Crippen molar-refractivity contribution in [2.24, 2.45) is 0 Å². The summed E-state index contributed by atoms with van der Waals surface area (Å²) >= 11 is 5.80. The zero-order valence-electron chi connectivity index (χ0n) is 15.8. The van der Waals surface area contributed by atoms with Crippen molar-refractivity contribution in [2.75, 3.05) is 13.2 Å². The van der Waals surface area contributed by atoms with Gasteiger partial charge in [0.15, 0.2) is 6.61 Å². The van der Waals surface area contributed by atoms with Gasteiger partial charge >= 0.3 is 5.97 Å². The first-order valence-corrected chi connectivity index (χ1v) is 9.64. The van der Waals surface area contributed by atoms with Gasteiger partial charge in [0.2, 0.25) is 0 Å². The molecule has 1 aromatic heterocycles. The van der Waals surface area contributed by atoms with Crippen molar-refractivity contribution in [3.8, 4) is 0 Å². The molecule has 0 saturated carbocycles. The predicted octanol–water partition coefficient (Wildman–Crippen LogP) is 4.16. The number of esters is 1. The quantitative estimate of drug-likeness (QED) is 0.414. The fourth-order valence-electron chi connectivity index (χ4n) is 2.84. The zero-order chi connectivity index (χ0) is 20.5. The Morgan fingerprint density at radius 2 is 1.59 bits per heavy atom. The molecule has 0 unspecified atom stereocenters. The van der Waals surface area contributed by atoms with Crippen molar-refractivity contribution in [1.29, 1.82) is 0 Å². The molecule has 3 rings (SSSR count). The van der Waals surface area contributed by atoms with Crippen molar-refractivity contribution in [3.05, 3.63) is 101 Å². The molecule has 0 radical (unpaired) electrons. The Hall–Kier alpha value is -3.18. The Labute approximate surface area is 174 Å². The van der Waals surface area contributed by atoms with Crippen LogP contribution in [0.4, 0.5) is 0 Å². The highest BCUT2D eigenvalue weighted by atomic mass is 35.5. The fraction of sp³-hybridized carbons (Fsp3) is 0.174. The number of ether oxygens (including phenoxy) is 1. The summed E-state index contributed by atoms with van der Waals surface area (Å²) in [4.78, 5) is 30.5. The van der Waals surface area contributed by atoms with E-state index in [2.05, 4.69) is 4.98 Å². The van der Waals surface area contributed by atoms with Crippen LogP contribution in [0.3, 0.4) is 0 Å². The third kappa shape index (κ3) is 6.43. The van der Waals surface area contributed by atoms with E-state index in [9.17, 15) is 9.59 Å². The Bertz CT molecular complexity index is 949. The maximum Gasteiger partial charge on any atom is 0.338 e. The average molecular weight is 409 g/mol. The normalized spacial score (nSPS) is 10.4. The van der Waals surface area contributed by atoms with Crippen LogP contribution in [-0.4, -0.2) is 34.9 Å². The molecule has 0 bridgehead atoms. The Morgan fingerprint density at radius 3 is 2.24 bits per heavy atom. The van der Waals surface area contributed by atoms with Crippen LogP contribution in [0.25, 0.3) is 0 Å². The lowest BCUT2D eigenvalue weighted by molar-refractivity contribution is -0.135. The second-order valence-corrected chi connectivity index (χ2v) is 6.87. The van der Waals surface area contributed by atoms with Gasteiger partial charge in [-0.1, -0.05) is 72.3 Å². The predicted molar refractivity (Wildman–Crippen MR) is 112 cm³/mol. The molecule has 1 amide bonds. The maximum absolute atomic E-state index is 12.8. The number of carbonyl (C=O) groups is 2. The number of benzene rings is 2. The van der Waals surface area contributed by atoms with Gasteiger partial charge in [-0.15, -0.1) is 0 Å². The molecule has 2 aromatic carbocycles. The van der Waals surface area contributed by atoms with Crippen LogP contribution in [0.5, 0.6) is 0 Å². The minimum atomic E-state index is -0.606. The van der Waals surface area contributed by atoms with Crippen molar-refractivity contribution >= 4 is 23.5 Å². The van der Waals surface area contributed by atoms with Crippen LogP contribution in [0.2, 0.25) is 5.15 Å². The van der Waals surface area contributed by atoms with E-state index < -0.39 is 5.97 Å². The number of rotatable bonds is 8. The molecule has 1 heterocycles. The highest BCUT2D eigenvalue weighted by molar-refractivity contribution is 6.29. The van der Waals surface area contributed by atoms with Gasteiger partial charge in [-0.05, 0) is 29.7 Å². The molecule has 0 spiro atoms. The topological polar surface area (TPSA) is 59.5 Å². The lowest BCUT2D eigenvalue weighted by atomic mass is 10.1. The van der Waals surface area contributed by atoms with Crippen LogP contribution in [-0.2, 0) is 22.5 Å². The van der Waals surface area contributed by atoms with Gasteiger partial charge in [-0.25, -0.2) is 9.78 Å². The van der Waals surface area contributed by atoms with E-state index in [1.807, 2.05) is 60.7 Å². The highest BCUT2D eigenvalue weighted by Crippen LogP contribution is 2.10. The summed E-state index contributed by atoms with van der Waals surface area (Å²) in [5.41, 5.74) is 2.42. The fourth-order valence-corrected chi connectivity index (χ4v) is 3.01. The Morgan fingerprint density at radius 1 is 0.931 bits per heavy atom. The van der Waals surface area contributed by atoms with Gasteiger partial charge in [0.1, 0.15) is 5.15 Å². The van der Waals surface area contributed by atoms with Crippen molar-refractivity contribution < 1.29 is 14.3 Å². The molecule has 0 N–H and O–H groups in total. The number of halogens is 1. The van der Waals surface area contributed by atoms with Crippen LogP contribution >= 0.6 is 11.6 Å². The van der Waals surface area contributed by atoms with E-state index >= 15 is 0 Å². The largest absolute Gasteiger partial charge is 0.452 e. The molecule has 0 aliphatic heterocycles. The summed E-state index contributed by atoms with van der Waals surface area (Å²) in [5.74, 6) is -0.858. The lowest BCUT2D eigenvalue weighted by Gasteiger charge is -2.23. The van der Waals surface area contributed by atoms with Crippen LogP contribution < -0.4 is 0 Å². The summed E-state index contributed by atoms with van der Waals surface area (Å²) in [6.07, 6.45) is 2.13. The van der Waals surface area contributed by atoms with E-state index in [0.29, 0.717) is 19.5 Å². The minimum Gasteiger partial charge on any atom is -0.452 e. The van der Waals surface area contributed by atoms with Crippen LogP contribution in [0.1, 0.15) is 21.5 Å². The molecule has 0 saturated heterocycles. The average Bonchev–Trinajstić information content (AvgIpc) is 2.76. The van der Waals surface area contributed by atoms with E-state index in [4.69, 9.17) is 16.3 Å². The van der Waals surface area contributed by atoms with Gasteiger partial charge in [0, 0.05) is 19.3 Å². The third-order valence-electron chi connectivity index (χ3n) is 4.37. The summed E-state index contributed by atoms with van der Waals surface area (Å²) in [6.45, 7) is 0.641. The number of pyridine rings is 1. The van der Waals surface area contributed by atoms with Crippen LogP contribution in [0, 0.1) is 0 Å². The first kappa shape index (κ1) is 20.6. The molecule has 6 heteroatoms. The Balaban J connectivity index is 1.63. The van der Waals surface area contributed by atoms with E-state index in [0.717, 1.165) is 11.1 Å². The van der Waals surface area contributed by atoms with Gasteiger partial charge < -0.3 is 9.64 Å². The number of hydrogen-bond acceptors (Lipinski definition) is 4. The van der Waals surface area contributed by atoms with Gasteiger partial charge in [-0.3, -0.25) is 4.79 Å². The van der Waals surface area contributed by atoms with Crippen LogP contribution in [0.15, 0.2) is 79.0 Å². The molecule has 0 aliphatic rings. The van der Waals surface area contributed by atoms with Crippen molar-refractivity contribution in [2.45, 2.75) is 13.0 Å². The van der Waals surface area contributed by atoms with Gasteiger partial charge in [0.05, 0.1) is 5.56 Å². The maximum atomic E-state index is 12.8. The molecule has 0 aliphatic carbocycles.